The Morgan fingerprint density at radius 2 is 1.95 bits per heavy atom. The summed E-state index contributed by atoms with van der Waals surface area (Å²) in [7, 11) is 1.51. The quantitative estimate of drug-likeness (QED) is 0.754. The van der Waals surface area contributed by atoms with Crippen LogP contribution in [0.15, 0.2) is 12.1 Å². The Kier molecular flexibility index (Phi) is 5.94. The third kappa shape index (κ3) is 4.45. The summed E-state index contributed by atoms with van der Waals surface area (Å²) in [6.07, 6.45) is -2.60. The maximum atomic E-state index is 12.8. The highest BCUT2D eigenvalue weighted by Crippen LogP contribution is 2.32. The number of aliphatic hydroxyl groups is 1. The van der Waals surface area contributed by atoms with Crippen LogP contribution >= 0.6 is 11.8 Å². The monoisotopic (exact) mass is 309 g/mol. The van der Waals surface area contributed by atoms with E-state index in [2.05, 4.69) is 15.6 Å². The Hall–Kier alpha value is -1.15. The predicted octanol–water partition coefficient (Wildman–Crippen LogP) is 2.67. The SMILES string of the molecule is CNc1cc(C(F)(F)F)cc(NC(C)C(CO)SC)n1. The topological polar surface area (TPSA) is 57.2 Å². The standard InChI is InChI=1S/C12H18F3N3OS/c1-7(9(6-19)20-3)17-11-5-8(12(13,14)15)4-10(16-2)18-11/h4-5,7,9,19H,6H2,1-3H3,(H2,16,17,18). The van der Waals surface area contributed by atoms with E-state index in [4.69, 9.17) is 0 Å². The van der Waals surface area contributed by atoms with E-state index in [9.17, 15) is 18.3 Å². The van der Waals surface area contributed by atoms with Gasteiger partial charge in [-0.15, -0.1) is 0 Å². The number of aromatic nitrogens is 1. The molecule has 0 spiro atoms. The van der Waals surface area contributed by atoms with Crippen molar-refractivity contribution in [2.45, 2.75) is 24.4 Å². The van der Waals surface area contributed by atoms with Crippen molar-refractivity contribution in [1.82, 2.24) is 4.98 Å². The van der Waals surface area contributed by atoms with Crippen molar-refractivity contribution in [1.29, 1.82) is 0 Å². The molecule has 20 heavy (non-hydrogen) atoms. The summed E-state index contributed by atoms with van der Waals surface area (Å²) in [5.74, 6) is 0.267. The lowest BCUT2D eigenvalue weighted by molar-refractivity contribution is -0.137. The first kappa shape index (κ1) is 16.9. The molecular formula is C12H18F3N3OS. The Bertz CT molecular complexity index is 438. The van der Waals surface area contributed by atoms with Crippen LogP contribution < -0.4 is 10.6 Å². The van der Waals surface area contributed by atoms with Gasteiger partial charge >= 0.3 is 6.18 Å². The highest BCUT2D eigenvalue weighted by atomic mass is 32.2. The molecule has 1 heterocycles. The minimum Gasteiger partial charge on any atom is -0.395 e. The number of rotatable bonds is 6. The van der Waals surface area contributed by atoms with Gasteiger partial charge in [0.25, 0.3) is 0 Å². The van der Waals surface area contributed by atoms with Gasteiger partial charge < -0.3 is 15.7 Å². The van der Waals surface area contributed by atoms with Gasteiger partial charge in [0, 0.05) is 18.3 Å². The number of aliphatic hydroxyl groups excluding tert-OH is 1. The number of pyridine rings is 1. The second-order valence-corrected chi connectivity index (χ2v) is 5.34. The minimum atomic E-state index is -4.43. The van der Waals surface area contributed by atoms with Gasteiger partial charge in [0.2, 0.25) is 0 Å². The first-order valence-electron chi connectivity index (χ1n) is 5.99. The fourth-order valence-corrected chi connectivity index (χ4v) is 2.28. The van der Waals surface area contributed by atoms with Gasteiger partial charge in [0.15, 0.2) is 0 Å². The van der Waals surface area contributed by atoms with E-state index >= 15 is 0 Å². The number of alkyl halides is 3. The van der Waals surface area contributed by atoms with Crippen LogP contribution in [0.3, 0.4) is 0 Å². The second-order valence-electron chi connectivity index (χ2n) is 4.26. The number of halogens is 3. The Balaban J connectivity index is 3.00. The third-order valence-corrected chi connectivity index (χ3v) is 3.99. The van der Waals surface area contributed by atoms with E-state index in [1.54, 1.807) is 6.92 Å². The van der Waals surface area contributed by atoms with Crippen LogP contribution in [-0.4, -0.2) is 41.3 Å². The lowest BCUT2D eigenvalue weighted by Crippen LogP contribution is -2.31. The van der Waals surface area contributed by atoms with E-state index in [1.807, 2.05) is 6.26 Å². The molecule has 1 aromatic heterocycles. The first-order valence-corrected chi connectivity index (χ1v) is 7.27. The van der Waals surface area contributed by atoms with Crippen molar-refractivity contribution < 1.29 is 18.3 Å². The van der Waals surface area contributed by atoms with Gasteiger partial charge in [-0.05, 0) is 25.3 Å². The van der Waals surface area contributed by atoms with Crippen molar-refractivity contribution in [2.24, 2.45) is 0 Å². The van der Waals surface area contributed by atoms with Gasteiger partial charge in [-0.2, -0.15) is 24.9 Å². The molecule has 0 amide bonds. The minimum absolute atomic E-state index is 0.0623. The van der Waals surface area contributed by atoms with Gasteiger partial charge in [-0.3, -0.25) is 0 Å². The summed E-state index contributed by atoms with van der Waals surface area (Å²) in [6.45, 7) is 1.73. The molecule has 0 aliphatic heterocycles. The zero-order valence-electron chi connectivity index (χ0n) is 11.5. The first-order chi connectivity index (χ1) is 9.31. The molecule has 0 bridgehead atoms. The van der Waals surface area contributed by atoms with E-state index < -0.39 is 11.7 Å². The van der Waals surface area contributed by atoms with E-state index in [-0.39, 0.29) is 29.5 Å². The molecule has 114 valence electrons. The summed E-state index contributed by atoms with van der Waals surface area (Å²) in [4.78, 5) is 4.04. The molecule has 1 aromatic rings. The summed E-state index contributed by atoms with van der Waals surface area (Å²) in [5, 5.41) is 14.6. The third-order valence-electron chi connectivity index (χ3n) is 2.82. The molecule has 2 unspecified atom stereocenters. The fourth-order valence-electron chi connectivity index (χ4n) is 1.66. The highest BCUT2D eigenvalue weighted by Gasteiger charge is 2.32. The molecule has 0 aromatic carbocycles. The lowest BCUT2D eigenvalue weighted by Gasteiger charge is -2.22. The van der Waals surface area contributed by atoms with Crippen LogP contribution in [-0.2, 0) is 6.18 Å². The molecule has 2 atom stereocenters. The normalized spacial score (nSPS) is 14.8. The van der Waals surface area contributed by atoms with Crippen molar-refractivity contribution >= 4 is 23.4 Å². The van der Waals surface area contributed by atoms with E-state index in [0.29, 0.717) is 0 Å². The Morgan fingerprint density at radius 1 is 1.35 bits per heavy atom. The number of nitrogens with zero attached hydrogens (tertiary/aromatic N) is 1. The second kappa shape index (κ2) is 7.03. The van der Waals surface area contributed by atoms with Gasteiger partial charge in [-0.1, -0.05) is 0 Å². The predicted molar refractivity (Wildman–Crippen MR) is 76.3 cm³/mol. The summed E-state index contributed by atoms with van der Waals surface area (Å²) < 4.78 is 38.4. The molecule has 8 heteroatoms. The van der Waals surface area contributed by atoms with Gasteiger partial charge in [0.05, 0.1) is 12.2 Å². The molecule has 3 N–H and O–H groups in total. The maximum Gasteiger partial charge on any atom is 0.416 e. The van der Waals surface area contributed by atoms with Crippen molar-refractivity contribution in [3.05, 3.63) is 17.7 Å². The molecule has 0 aliphatic carbocycles. The van der Waals surface area contributed by atoms with Crippen LogP contribution in [0.5, 0.6) is 0 Å². The van der Waals surface area contributed by atoms with E-state index in [1.165, 1.54) is 18.8 Å². The molecule has 0 fully saturated rings. The fraction of sp³-hybridized carbons (Fsp3) is 0.583. The number of nitrogens with one attached hydrogen (secondary N) is 2. The summed E-state index contributed by atoms with van der Waals surface area (Å²) in [5.41, 5.74) is -0.767. The largest absolute Gasteiger partial charge is 0.416 e. The van der Waals surface area contributed by atoms with Crippen LogP contribution in [0, 0.1) is 0 Å². The van der Waals surface area contributed by atoms with Crippen LogP contribution in [0.25, 0.3) is 0 Å². The van der Waals surface area contributed by atoms with Crippen LogP contribution in [0.2, 0.25) is 0 Å². The van der Waals surface area contributed by atoms with Gasteiger partial charge in [-0.25, -0.2) is 4.98 Å². The van der Waals surface area contributed by atoms with Crippen molar-refractivity contribution in [3.63, 3.8) is 0 Å². The summed E-state index contributed by atoms with van der Waals surface area (Å²) >= 11 is 1.44. The van der Waals surface area contributed by atoms with Crippen molar-refractivity contribution in [2.75, 3.05) is 30.5 Å². The molecule has 1 rings (SSSR count). The highest BCUT2D eigenvalue weighted by molar-refractivity contribution is 7.99. The van der Waals surface area contributed by atoms with E-state index in [0.717, 1.165) is 12.1 Å². The smallest absolute Gasteiger partial charge is 0.395 e. The molecule has 0 saturated heterocycles. The molecular weight excluding hydrogens is 291 g/mol. The Labute approximate surface area is 120 Å². The maximum absolute atomic E-state index is 12.8. The number of anilines is 2. The zero-order valence-corrected chi connectivity index (χ0v) is 12.3. The average molecular weight is 309 g/mol. The average Bonchev–Trinajstić information content (AvgIpc) is 2.38. The van der Waals surface area contributed by atoms with Crippen LogP contribution in [0.4, 0.5) is 24.8 Å². The molecule has 0 saturated carbocycles. The summed E-state index contributed by atoms with van der Waals surface area (Å²) in [6, 6.07) is 1.70. The Morgan fingerprint density at radius 3 is 2.40 bits per heavy atom. The number of hydrogen-bond acceptors (Lipinski definition) is 5. The van der Waals surface area contributed by atoms with Gasteiger partial charge in [0.1, 0.15) is 11.6 Å². The number of hydrogen-bond donors (Lipinski definition) is 3. The molecule has 4 nitrogen and oxygen atoms in total. The molecule has 0 aliphatic rings. The number of thioether (sulfide) groups is 1. The lowest BCUT2D eigenvalue weighted by atomic mass is 10.2. The molecule has 0 radical (unpaired) electrons. The van der Waals surface area contributed by atoms with Crippen molar-refractivity contribution in [3.8, 4) is 0 Å². The van der Waals surface area contributed by atoms with Crippen LogP contribution in [0.1, 0.15) is 12.5 Å². The zero-order chi connectivity index (χ0) is 15.3.